The van der Waals surface area contributed by atoms with Gasteiger partial charge in [-0.3, -0.25) is 9.59 Å². The van der Waals surface area contributed by atoms with Crippen LogP contribution in [-0.4, -0.2) is 24.1 Å². The fraction of sp³-hybridized carbons (Fsp3) is 0.381. The molecule has 2 atom stereocenters. The molecule has 0 saturated heterocycles. The van der Waals surface area contributed by atoms with Crippen molar-refractivity contribution in [1.82, 2.24) is 0 Å². The molecule has 1 heterocycles. The van der Waals surface area contributed by atoms with E-state index >= 15 is 0 Å². The molecule has 146 valence electrons. The number of carbonyl (C=O) groups is 2. The topological polar surface area (TPSA) is 99.4 Å². The van der Waals surface area contributed by atoms with Crippen molar-refractivity contribution in [1.29, 1.82) is 5.26 Å². The summed E-state index contributed by atoms with van der Waals surface area (Å²) in [6, 6.07) is 9.61. The molecule has 0 spiro atoms. The fourth-order valence-electron chi connectivity index (χ4n) is 3.79. The Morgan fingerprint density at radius 2 is 1.86 bits per heavy atom. The first kappa shape index (κ1) is 19.9. The first-order valence-electron chi connectivity index (χ1n) is 9.17. The predicted molar refractivity (Wildman–Crippen MR) is 107 cm³/mol. The molecular formula is C21H22N2O4S. The number of nitrogens with one attached hydrogen (secondary N) is 1. The Bertz CT molecular complexity index is 927. The molecule has 7 heteroatoms. The van der Waals surface area contributed by atoms with Crippen molar-refractivity contribution < 1.29 is 19.4 Å². The van der Waals surface area contributed by atoms with Crippen LogP contribution in [0.5, 0.6) is 5.75 Å². The van der Waals surface area contributed by atoms with E-state index in [0.717, 1.165) is 34.6 Å². The van der Waals surface area contributed by atoms with Crippen LogP contribution >= 0.6 is 11.3 Å². The molecule has 3 rings (SSSR count). The Kier molecular flexibility index (Phi) is 6.00. The van der Waals surface area contributed by atoms with Gasteiger partial charge in [0, 0.05) is 10.4 Å². The highest BCUT2D eigenvalue weighted by Gasteiger charge is 2.36. The lowest BCUT2D eigenvalue weighted by atomic mass is 9.79. The number of rotatable bonds is 5. The van der Waals surface area contributed by atoms with Crippen molar-refractivity contribution in [2.45, 2.75) is 32.6 Å². The minimum atomic E-state index is -0.929. The maximum Gasteiger partial charge on any atom is 0.307 e. The highest BCUT2D eigenvalue weighted by Crippen LogP contribution is 2.40. The van der Waals surface area contributed by atoms with Crippen molar-refractivity contribution in [3.8, 4) is 22.9 Å². The van der Waals surface area contributed by atoms with Crippen molar-refractivity contribution in [2.24, 2.45) is 11.8 Å². The van der Waals surface area contributed by atoms with Gasteiger partial charge in [-0.15, -0.1) is 11.3 Å². The molecule has 6 nitrogen and oxygen atoms in total. The molecule has 0 aliphatic heterocycles. The van der Waals surface area contributed by atoms with Crippen LogP contribution in [0.4, 0.5) is 5.00 Å². The summed E-state index contributed by atoms with van der Waals surface area (Å²) < 4.78 is 5.18. The molecule has 1 aromatic carbocycles. The number of benzene rings is 1. The molecule has 28 heavy (non-hydrogen) atoms. The van der Waals surface area contributed by atoms with Gasteiger partial charge >= 0.3 is 5.97 Å². The van der Waals surface area contributed by atoms with Gasteiger partial charge in [0.15, 0.2) is 0 Å². The number of hydrogen-bond acceptors (Lipinski definition) is 5. The molecule has 1 fully saturated rings. The molecule has 1 aliphatic carbocycles. The van der Waals surface area contributed by atoms with Crippen molar-refractivity contribution >= 4 is 28.2 Å². The molecule has 0 bridgehead atoms. The number of hydrogen-bond donors (Lipinski definition) is 2. The summed E-state index contributed by atoms with van der Waals surface area (Å²) in [5.41, 5.74) is 2.06. The molecule has 2 N–H and O–H groups in total. The van der Waals surface area contributed by atoms with Crippen LogP contribution in [-0.2, 0) is 9.59 Å². The second-order valence-electron chi connectivity index (χ2n) is 6.90. The summed E-state index contributed by atoms with van der Waals surface area (Å²) in [5.74, 6) is -1.75. The molecule has 1 amide bonds. The lowest BCUT2D eigenvalue weighted by molar-refractivity contribution is -0.147. The second-order valence-corrected chi connectivity index (χ2v) is 8.13. The maximum absolute atomic E-state index is 12.8. The lowest BCUT2D eigenvalue weighted by Gasteiger charge is -2.27. The Morgan fingerprint density at radius 1 is 1.21 bits per heavy atom. The SMILES string of the molecule is COc1ccc(-c2c(C)sc(NC(=O)C3CCCCC3C(=O)O)c2C#N)cc1. The van der Waals surface area contributed by atoms with Gasteiger partial charge in [-0.25, -0.2) is 0 Å². The van der Waals surface area contributed by atoms with Gasteiger partial charge in [-0.05, 0) is 37.5 Å². The van der Waals surface area contributed by atoms with Gasteiger partial charge in [0.05, 0.1) is 24.5 Å². The van der Waals surface area contributed by atoms with Crippen LogP contribution < -0.4 is 10.1 Å². The number of nitrogens with zero attached hydrogens (tertiary/aromatic N) is 1. The van der Waals surface area contributed by atoms with Gasteiger partial charge in [0.25, 0.3) is 0 Å². The third kappa shape index (κ3) is 3.87. The average molecular weight is 398 g/mol. The predicted octanol–water partition coefficient (Wildman–Crippen LogP) is 4.43. The average Bonchev–Trinajstić information content (AvgIpc) is 3.02. The highest BCUT2D eigenvalue weighted by molar-refractivity contribution is 7.17. The summed E-state index contributed by atoms with van der Waals surface area (Å²) in [6.07, 6.45) is 2.73. The zero-order valence-electron chi connectivity index (χ0n) is 15.8. The molecule has 2 unspecified atom stereocenters. The number of amides is 1. The number of carbonyl (C=O) groups excluding carboxylic acids is 1. The summed E-state index contributed by atoms with van der Waals surface area (Å²) in [6.45, 7) is 1.90. The van der Waals surface area contributed by atoms with E-state index in [1.165, 1.54) is 11.3 Å². The van der Waals surface area contributed by atoms with Crippen molar-refractivity contribution in [3.05, 3.63) is 34.7 Å². The van der Waals surface area contributed by atoms with Gasteiger partial charge in [0.2, 0.25) is 5.91 Å². The maximum atomic E-state index is 12.8. The minimum absolute atomic E-state index is 0.314. The van der Waals surface area contributed by atoms with Gasteiger partial charge in [-0.1, -0.05) is 25.0 Å². The number of methoxy groups -OCH3 is 1. The monoisotopic (exact) mass is 398 g/mol. The van der Waals surface area contributed by atoms with Crippen LogP contribution in [0.25, 0.3) is 11.1 Å². The summed E-state index contributed by atoms with van der Waals surface area (Å²) in [7, 11) is 1.59. The fourth-order valence-corrected chi connectivity index (χ4v) is 4.82. The van der Waals surface area contributed by atoms with Crippen molar-refractivity contribution in [3.63, 3.8) is 0 Å². The van der Waals surface area contributed by atoms with Gasteiger partial charge < -0.3 is 15.2 Å². The third-order valence-corrected chi connectivity index (χ3v) is 6.25. The van der Waals surface area contributed by atoms with Crippen LogP contribution in [0, 0.1) is 30.1 Å². The number of aliphatic carboxylic acids is 1. The van der Waals surface area contributed by atoms with Crippen molar-refractivity contribution in [2.75, 3.05) is 12.4 Å². The zero-order valence-corrected chi connectivity index (χ0v) is 16.6. The van der Waals surface area contributed by atoms with E-state index in [0.29, 0.717) is 23.4 Å². The molecular weight excluding hydrogens is 376 g/mol. The van der Waals surface area contributed by atoms with Crippen LogP contribution in [0.1, 0.15) is 36.1 Å². The molecule has 1 saturated carbocycles. The smallest absolute Gasteiger partial charge is 0.307 e. The standard InChI is InChI=1S/C21H22N2O4S/c1-12-18(13-7-9-14(27-2)10-8-13)17(11-22)20(28-12)23-19(24)15-5-3-4-6-16(15)21(25)26/h7-10,15-16H,3-6H2,1-2H3,(H,23,24)(H,25,26). The zero-order chi connectivity index (χ0) is 20.3. The molecule has 1 aromatic heterocycles. The number of nitriles is 1. The Hall–Kier alpha value is -2.85. The van der Waals surface area contributed by atoms with E-state index in [1.807, 2.05) is 31.2 Å². The number of anilines is 1. The number of carboxylic acid groups (broad SMARTS) is 1. The van der Waals surface area contributed by atoms with E-state index < -0.39 is 17.8 Å². The second kappa shape index (κ2) is 8.44. The van der Waals surface area contributed by atoms with E-state index in [2.05, 4.69) is 11.4 Å². The van der Waals surface area contributed by atoms with E-state index in [9.17, 15) is 20.0 Å². The summed E-state index contributed by atoms with van der Waals surface area (Å²) >= 11 is 1.34. The first-order chi connectivity index (χ1) is 13.5. The molecule has 1 aliphatic rings. The first-order valence-corrected chi connectivity index (χ1v) is 9.99. The number of thiophene rings is 1. The quantitative estimate of drug-likeness (QED) is 0.776. The molecule has 2 aromatic rings. The lowest BCUT2D eigenvalue weighted by Crippen LogP contribution is -2.36. The Morgan fingerprint density at radius 3 is 2.43 bits per heavy atom. The largest absolute Gasteiger partial charge is 0.497 e. The normalized spacial score (nSPS) is 18.9. The Labute approximate surface area is 167 Å². The van der Waals surface area contributed by atoms with E-state index in [4.69, 9.17) is 4.74 Å². The van der Waals surface area contributed by atoms with Gasteiger partial charge in [0.1, 0.15) is 16.8 Å². The summed E-state index contributed by atoms with van der Waals surface area (Å²) in [4.78, 5) is 25.2. The van der Waals surface area contributed by atoms with E-state index in [1.54, 1.807) is 7.11 Å². The number of carboxylic acids is 1. The third-order valence-electron chi connectivity index (χ3n) is 5.23. The molecule has 0 radical (unpaired) electrons. The van der Waals surface area contributed by atoms with Gasteiger partial charge in [-0.2, -0.15) is 5.26 Å². The van der Waals surface area contributed by atoms with Crippen LogP contribution in [0.3, 0.4) is 0 Å². The number of ether oxygens (including phenoxy) is 1. The Balaban J connectivity index is 1.89. The van der Waals surface area contributed by atoms with Crippen LogP contribution in [0.2, 0.25) is 0 Å². The van der Waals surface area contributed by atoms with Crippen LogP contribution in [0.15, 0.2) is 24.3 Å². The number of aryl methyl sites for hydroxylation is 1. The minimum Gasteiger partial charge on any atom is -0.497 e. The summed E-state index contributed by atoms with van der Waals surface area (Å²) in [5, 5.41) is 22.5. The van der Waals surface area contributed by atoms with E-state index in [-0.39, 0.29) is 5.91 Å². The highest BCUT2D eigenvalue weighted by atomic mass is 32.1.